The highest BCUT2D eigenvalue weighted by atomic mass is 35.5. The van der Waals surface area contributed by atoms with Gasteiger partial charge in [-0.15, -0.1) is 0 Å². The van der Waals surface area contributed by atoms with Crippen LogP contribution in [0.15, 0.2) is 12.1 Å². The highest BCUT2D eigenvalue weighted by Crippen LogP contribution is 2.46. The zero-order valence-electron chi connectivity index (χ0n) is 18.4. The van der Waals surface area contributed by atoms with Crippen LogP contribution in [0.1, 0.15) is 23.7 Å². The molecule has 3 atom stereocenters. The van der Waals surface area contributed by atoms with Crippen LogP contribution >= 0.6 is 11.6 Å². The van der Waals surface area contributed by atoms with Gasteiger partial charge in [0.05, 0.1) is 17.0 Å². The SMILES string of the molecule is C[C@]1(COC(=O)N2CCN(C(=O)c3ccc(O)c(O)c3Cl)CC2)[C@H](C(=O)O)N2C(=O)C[C@H]2S1(=O)=O. The van der Waals surface area contributed by atoms with Gasteiger partial charge in [-0.05, 0) is 19.1 Å². The van der Waals surface area contributed by atoms with Crippen LogP contribution in [-0.2, 0) is 24.2 Å². The first-order valence-corrected chi connectivity index (χ1v) is 12.4. The van der Waals surface area contributed by atoms with Gasteiger partial charge >= 0.3 is 12.1 Å². The van der Waals surface area contributed by atoms with Crippen molar-refractivity contribution < 1.29 is 47.7 Å². The molecule has 13 nitrogen and oxygen atoms in total. The second-order valence-corrected chi connectivity index (χ2v) is 11.6. The maximum Gasteiger partial charge on any atom is 0.409 e. The smallest absolute Gasteiger partial charge is 0.409 e. The van der Waals surface area contributed by atoms with E-state index < -0.39 is 68.0 Å². The number of hydrogen-bond acceptors (Lipinski definition) is 9. The fourth-order valence-electron chi connectivity index (χ4n) is 4.55. The molecule has 3 aliphatic rings. The minimum Gasteiger partial charge on any atom is -0.504 e. The number of ether oxygens (including phenoxy) is 1. The van der Waals surface area contributed by atoms with E-state index in [2.05, 4.69) is 0 Å². The van der Waals surface area contributed by atoms with Gasteiger partial charge in [0.1, 0.15) is 16.7 Å². The number of halogens is 1. The Bertz CT molecular complexity index is 1230. The third-order valence-corrected chi connectivity index (χ3v) is 9.81. The zero-order valence-corrected chi connectivity index (χ0v) is 20.0. The monoisotopic (exact) mass is 531 g/mol. The summed E-state index contributed by atoms with van der Waals surface area (Å²) in [6.07, 6.45) is -1.20. The number of rotatable bonds is 4. The first kappa shape index (κ1) is 24.9. The van der Waals surface area contributed by atoms with Gasteiger partial charge in [-0.25, -0.2) is 18.0 Å². The molecular weight excluding hydrogens is 510 g/mol. The Labute approximate surface area is 204 Å². The minimum atomic E-state index is -4.12. The lowest BCUT2D eigenvalue weighted by Gasteiger charge is -2.36. The van der Waals surface area contributed by atoms with Gasteiger partial charge in [-0.1, -0.05) is 11.6 Å². The third-order valence-electron chi connectivity index (χ3n) is 6.68. The average Bonchev–Trinajstić information content (AvgIpc) is 2.95. The molecule has 1 aromatic rings. The number of phenolic OH excluding ortho intramolecular Hbond substituents is 2. The van der Waals surface area contributed by atoms with Crippen molar-refractivity contribution in [1.29, 1.82) is 0 Å². The number of sulfone groups is 1. The number of carboxylic acid groups (broad SMARTS) is 1. The molecule has 3 N–H and O–H groups in total. The van der Waals surface area contributed by atoms with Crippen molar-refractivity contribution >= 4 is 45.3 Å². The van der Waals surface area contributed by atoms with Crippen molar-refractivity contribution in [2.24, 2.45) is 0 Å². The molecule has 3 heterocycles. The van der Waals surface area contributed by atoms with E-state index in [9.17, 15) is 42.9 Å². The van der Waals surface area contributed by atoms with Gasteiger partial charge < -0.3 is 34.8 Å². The summed E-state index contributed by atoms with van der Waals surface area (Å²) in [5, 5.41) is 27.2. The fourth-order valence-corrected chi connectivity index (χ4v) is 7.06. The third kappa shape index (κ3) is 3.71. The number of carbonyl (C=O) groups excluding carboxylic acids is 3. The fraction of sp³-hybridized carbons (Fsp3) is 0.500. The first-order chi connectivity index (χ1) is 16.3. The van der Waals surface area contributed by atoms with Crippen LogP contribution < -0.4 is 0 Å². The average molecular weight is 532 g/mol. The van der Waals surface area contributed by atoms with Crippen LogP contribution in [0.25, 0.3) is 0 Å². The Kier molecular flexibility index (Phi) is 6.00. The summed E-state index contributed by atoms with van der Waals surface area (Å²) in [5.74, 6) is -3.73. The molecule has 0 bridgehead atoms. The second kappa shape index (κ2) is 8.45. The van der Waals surface area contributed by atoms with Crippen molar-refractivity contribution in [3.8, 4) is 11.5 Å². The summed E-state index contributed by atoms with van der Waals surface area (Å²) in [6.45, 7) is 0.601. The summed E-state index contributed by atoms with van der Waals surface area (Å²) >= 11 is 5.94. The maximum atomic E-state index is 12.9. The number of fused-ring (bicyclic) bond motifs is 1. The van der Waals surface area contributed by atoms with E-state index >= 15 is 0 Å². The molecular formula is C20H22ClN3O10S. The molecule has 3 amide bonds. The summed E-state index contributed by atoms with van der Waals surface area (Å²) in [6, 6.07) is 0.712. The molecule has 3 fully saturated rings. The number of β-lactam (4-membered cyclic amide) rings is 1. The number of amides is 3. The molecule has 4 rings (SSSR count). The van der Waals surface area contributed by atoms with E-state index in [0.717, 1.165) is 17.9 Å². The molecule has 0 unspecified atom stereocenters. The number of carbonyl (C=O) groups is 4. The van der Waals surface area contributed by atoms with E-state index in [0.29, 0.717) is 0 Å². The van der Waals surface area contributed by atoms with E-state index in [1.54, 1.807) is 0 Å². The quantitative estimate of drug-likeness (QED) is 0.349. The van der Waals surface area contributed by atoms with E-state index in [1.807, 2.05) is 0 Å². The lowest BCUT2D eigenvalue weighted by Crippen LogP contribution is -2.58. The highest BCUT2D eigenvalue weighted by Gasteiger charge is 2.70. The Morgan fingerprint density at radius 3 is 2.31 bits per heavy atom. The van der Waals surface area contributed by atoms with E-state index in [4.69, 9.17) is 16.3 Å². The lowest BCUT2D eigenvalue weighted by molar-refractivity contribution is -0.158. The molecule has 0 aliphatic carbocycles. The van der Waals surface area contributed by atoms with Crippen molar-refractivity contribution in [3.05, 3.63) is 22.7 Å². The van der Waals surface area contributed by atoms with Crippen molar-refractivity contribution in [2.45, 2.75) is 29.5 Å². The summed E-state index contributed by atoms with van der Waals surface area (Å²) in [5.41, 5.74) is -0.0313. The molecule has 3 aliphatic heterocycles. The van der Waals surface area contributed by atoms with Gasteiger partial charge in [0.15, 0.2) is 27.4 Å². The molecule has 0 saturated carbocycles. The van der Waals surface area contributed by atoms with Crippen LogP contribution in [0.5, 0.6) is 11.5 Å². The van der Waals surface area contributed by atoms with Crippen molar-refractivity contribution in [2.75, 3.05) is 32.8 Å². The number of hydrogen-bond donors (Lipinski definition) is 3. The molecule has 1 aromatic carbocycles. The number of carboxylic acids is 1. The predicted octanol–water partition coefficient (Wildman–Crippen LogP) is -0.156. The minimum absolute atomic E-state index is 0.0313. The van der Waals surface area contributed by atoms with Gasteiger partial charge in [-0.2, -0.15) is 0 Å². The molecule has 0 aromatic heterocycles. The predicted molar refractivity (Wildman–Crippen MR) is 118 cm³/mol. The number of piperazine rings is 1. The lowest BCUT2D eigenvalue weighted by atomic mass is 9.97. The Morgan fingerprint density at radius 2 is 1.74 bits per heavy atom. The summed E-state index contributed by atoms with van der Waals surface area (Å²) in [4.78, 5) is 52.4. The van der Waals surface area contributed by atoms with Gasteiger partial charge in [0.25, 0.3) is 5.91 Å². The Hall–Kier alpha value is -3.26. The maximum absolute atomic E-state index is 12.9. The second-order valence-electron chi connectivity index (χ2n) is 8.69. The number of benzene rings is 1. The standard InChI is InChI=1S/C20H22ClN3O10S/c1-20(16(18(29)30)24-12(26)8-13(24)35(20,32)33)9-34-19(31)23-6-4-22(5-7-23)17(28)10-2-3-11(25)15(27)14(10)21/h2-3,13,16,25,27H,4-9H2,1H3,(H,29,30)/t13-,16+,20+/m1/s1. The summed E-state index contributed by atoms with van der Waals surface area (Å²) < 4.78 is 29.0. The Morgan fingerprint density at radius 1 is 1.14 bits per heavy atom. The van der Waals surface area contributed by atoms with E-state index in [1.165, 1.54) is 15.9 Å². The normalized spacial score (nSPS) is 27.3. The number of aromatic hydroxyl groups is 2. The van der Waals surface area contributed by atoms with Crippen molar-refractivity contribution in [3.63, 3.8) is 0 Å². The van der Waals surface area contributed by atoms with Gasteiger partial charge in [0, 0.05) is 26.2 Å². The number of aliphatic carboxylic acids is 1. The largest absolute Gasteiger partial charge is 0.504 e. The molecule has 15 heteroatoms. The molecule has 0 radical (unpaired) electrons. The topological polar surface area (TPSA) is 182 Å². The first-order valence-electron chi connectivity index (χ1n) is 10.5. The van der Waals surface area contributed by atoms with Crippen LogP contribution in [0, 0.1) is 0 Å². The van der Waals surface area contributed by atoms with Crippen LogP contribution in [0.3, 0.4) is 0 Å². The summed E-state index contributed by atoms with van der Waals surface area (Å²) in [7, 11) is -4.12. The number of nitrogens with zero attached hydrogens (tertiary/aromatic N) is 3. The molecule has 3 saturated heterocycles. The van der Waals surface area contributed by atoms with Crippen LogP contribution in [-0.4, -0.2) is 111 Å². The van der Waals surface area contributed by atoms with Crippen molar-refractivity contribution in [1.82, 2.24) is 14.7 Å². The Balaban J connectivity index is 1.39. The van der Waals surface area contributed by atoms with Crippen LogP contribution in [0.2, 0.25) is 5.02 Å². The highest BCUT2D eigenvalue weighted by molar-refractivity contribution is 7.94. The zero-order chi connectivity index (χ0) is 25.9. The molecule has 0 spiro atoms. The van der Waals surface area contributed by atoms with Gasteiger partial charge in [-0.3, -0.25) is 9.59 Å². The molecule has 190 valence electrons. The van der Waals surface area contributed by atoms with Crippen LogP contribution in [0.4, 0.5) is 4.79 Å². The van der Waals surface area contributed by atoms with E-state index in [-0.39, 0.29) is 43.2 Å². The molecule has 35 heavy (non-hydrogen) atoms. The van der Waals surface area contributed by atoms with Gasteiger partial charge in [0.2, 0.25) is 5.91 Å². The number of phenols is 2.